The minimum atomic E-state index is -0.559. The fraction of sp³-hybridized carbons (Fsp3) is 0.333. The lowest BCUT2D eigenvalue weighted by Gasteiger charge is -2.14. The lowest BCUT2D eigenvalue weighted by molar-refractivity contribution is -0.133. The fourth-order valence-electron chi connectivity index (χ4n) is 2.47. The Hall–Kier alpha value is -2.14. The van der Waals surface area contributed by atoms with E-state index >= 15 is 0 Å². The number of hydrogen-bond donors (Lipinski definition) is 2. The average molecular weight is 272 g/mol. The zero-order valence-corrected chi connectivity index (χ0v) is 11.0. The van der Waals surface area contributed by atoms with Crippen molar-refractivity contribution in [2.24, 2.45) is 5.92 Å². The number of amides is 2. The first-order valence-corrected chi connectivity index (χ1v) is 6.70. The first-order valence-electron chi connectivity index (χ1n) is 6.70. The van der Waals surface area contributed by atoms with Crippen molar-refractivity contribution in [1.82, 2.24) is 10.4 Å². The van der Waals surface area contributed by atoms with Crippen LogP contribution < -0.4 is 5.48 Å². The summed E-state index contributed by atoms with van der Waals surface area (Å²) in [4.78, 5) is 24.9. The molecule has 0 atom stereocenters. The maximum Gasteiger partial charge on any atom is 0.267 e. The number of hydroxylamine groups is 1. The minimum Gasteiger partial charge on any atom is -0.334 e. The van der Waals surface area contributed by atoms with Crippen LogP contribution in [-0.2, 0) is 22.7 Å². The molecule has 3 rings (SSSR count). The van der Waals surface area contributed by atoms with Crippen LogP contribution in [0.25, 0.3) is 6.08 Å². The van der Waals surface area contributed by atoms with E-state index in [9.17, 15) is 9.59 Å². The topological polar surface area (TPSA) is 69.6 Å². The average Bonchev–Trinajstić information content (AvgIpc) is 3.22. The molecule has 0 spiro atoms. The van der Waals surface area contributed by atoms with Gasteiger partial charge < -0.3 is 4.90 Å². The smallest absolute Gasteiger partial charge is 0.267 e. The molecule has 2 N–H and O–H groups in total. The van der Waals surface area contributed by atoms with Crippen LogP contribution in [0.15, 0.2) is 24.3 Å². The third-order valence-electron chi connectivity index (χ3n) is 3.73. The molecular weight excluding hydrogens is 256 g/mol. The van der Waals surface area contributed by atoms with Crippen molar-refractivity contribution in [2.75, 3.05) is 0 Å². The predicted molar refractivity (Wildman–Crippen MR) is 72.4 cm³/mol. The van der Waals surface area contributed by atoms with E-state index in [0.29, 0.717) is 13.1 Å². The van der Waals surface area contributed by atoms with Crippen LogP contribution in [0.5, 0.6) is 0 Å². The molecule has 2 aliphatic rings. The van der Waals surface area contributed by atoms with E-state index in [0.717, 1.165) is 24.0 Å². The highest BCUT2D eigenvalue weighted by Gasteiger charge is 2.35. The summed E-state index contributed by atoms with van der Waals surface area (Å²) < 4.78 is 0. The fourth-order valence-corrected chi connectivity index (χ4v) is 2.47. The Morgan fingerprint density at radius 1 is 1.25 bits per heavy atom. The maximum atomic E-state index is 12.0. The summed E-state index contributed by atoms with van der Waals surface area (Å²) in [5.41, 5.74) is 4.73. The van der Waals surface area contributed by atoms with Crippen LogP contribution in [0.4, 0.5) is 0 Å². The maximum absolute atomic E-state index is 12.0. The molecule has 1 heterocycles. The molecule has 0 unspecified atom stereocenters. The molecule has 104 valence electrons. The summed E-state index contributed by atoms with van der Waals surface area (Å²) in [7, 11) is 0. The van der Waals surface area contributed by atoms with Crippen LogP contribution in [0.1, 0.15) is 29.5 Å². The van der Waals surface area contributed by atoms with Gasteiger partial charge in [0.25, 0.3) is 5.91 Å². The molecule has 2 amide bonds. The van der Waals surface area contributed by atoms with Crippen molar-refractivity contribution >= 4 is 17.9 Å². The third kappa shape index (κ3) is 2.58. The van der Waals surface area contributed by atoms with Gasteiger partial charge in [-0.2, -0.15) is 0 Å². The molecule has 0 aromatic heterocycles. The molecule has 1 aliphatic carbocycles. The number of nitrogens with one attached hydrogen (secondary N) is 1. The van der Waals surface area contributed by atoms with Gasteiger partial charge in [-0.15, -0.1) is 0 Å². The number of carbonyl (C=O) groups is 2. The molecule has 5 nitrogen and oxygen atoms in total. The zero-order valence-electron chi connectivity index (χ0n) is 11.0. The molecule has 5 heteroatoms. The SMILES string of the molecule is O=C(C=Cc1ccc2c(c1)CN(C(=O)C1CC1)C2)NO. The van der Waals surface area contributed by atoms with Gasteiger partial charge in [0.15, 0.2) is 0 Å². The van der Waals surface area contributed by atoms with Crippen molar-refractivity contribution < 1.29 is 14.8 Å². The lowest BCUT2D eigenvalue weighted by Crippen LogP contribution is -2.26. The normalized spacial score (nSPS) is 17.4. The Labute approximate surface area is 116 Å². The zero-order chi connectivity index (χ0) is 14.1. The summed E-state index contributed by atoms with van der Waals surface area (Å²) in [6.45, 7) is 1.34. The van der Waals surface area contributed by atoms with E-state index in [2.05, 4.69) is 0 Å². The molecular formula is C15H16N2O3. The van der Waals surface area contributed by atoms with Crippen molar-refractivity contribution in [3.63, 3.8) is 0 Å². The van der Waals surface area contributed by atoms with Crippen molar-refractivity contribution in [2.45, 2.75) is 25.9 Å². The second-order valence-corrected chi connectivity index (χ2v) is 5.31. The van der Waals surface area contributed by atoms with Gasteiger partial charge in [-0.3, -0.25) is 14.8 Å². The van der Waals surface area contributed by atoms with Gasteiger partial charge in [-0.1, -0.05) is 12.1 Å². The van der Waals surface area contributed by atoms with Crippen LogP contribution >= 0.6 is 0 Å². The minimum absolute atomic E-state index is 0.247. The summed E-state index contributed by atoms with van der Waals surface area (Å²) in [6.07, 6.45) is 4.95. The highest BCUT2D eigenvalue weighted by molar-refractivity contribution is 5.90. The van der Waals surface area contributed by atoms with Crippen molar-refractivity contribution in [1.29, 1.82) is 0 Å². The Bertz CT molecular complexity index is 591. The van der Waals surface area contributed by atoms with Crippen LogP contribution in [0.3, 0.4) is 0 Å². The van der Waals surface area contributed by atoms with E-state index in [4.69, 9.17) is 5.21 Å². The molecule has 20 heavy (non-hydrogen) atoms. The third-order valence-corrected chi connectivity index (χ3v) is 3.73. The summed E-state index contributed by atoms with van der Waals surface area (Å²) in [5.74, 6) is -0.0501. The van der Waals surface area contributed by atoms with Gasteiger partial charge >= 0.3 is 0 Å². The monoisotopic (exact) mass is 272 g/mol. The first kappa shape index (κ1) is 12.9. The molecule has 1 fully saturated rings. The Balaban J connectivity index is 1.72. The number of carbonyl (C=O) groups excluding carboxylic acids is 2. The second-order valence-electron chi connectivity index (χ2n) is 5.31. The first-order chi connectivity index (χ1) is 9.67. The van der Waals surface area contributed by atoms with E-state index < -0.39 is 5.91 Å². The highest BCUT2D eigenvalue weighted by Crippen LogP contribution is 2.34. The standard InChI is InChI=1S/C15H16N2O3/c18-14(16-20)6-2-10-1-3-12-8-17(9-13(12)7-10)15(19)11-4-5-11/h1-3,6-7,11,20H,4-5,8-9H2,(H,16,18). The summed E-state index contributed by atoms with van der Waals surface area (Å²) in [5, 5.41) is 8.43. The van der Waals surface area contributed by atoms with Crippen LogP contribution in [0.2, 0.25) is 0 Å². The molecule has 1 aromatic carbocycles. The number of fused-ring (bicyclic) bond motifs is 1. The molecule has 0 radical (unpaired) electrons. The Kier molecular flexibility index (Phi) is 3.28. The summed E-state index contributed by atoms with van der Waals surface area (Å²) in [6, 6.07) is 5.88. The van der Waals surface area contributed by atoms with Gasteiger partial charge in [-0.25, -0.2) is 5.48 Å². The number of benzene rings is 1. The largest absolute Gasteiger partial charge is 0.334 e. The molecule has 0 saturated heterocycles. The molecule has 1 saturated carbocycles. The number of nitrogens with zero attached hydrogens (tertiary/aromatic N) is 1. The number of hydrogen-bond acceptors (Lipinski definition) is 3. The van der Waals surface area contributed by atoms with Gasteiger partial charge in [0.1, 0.15) is 0 Å². The van der Waals surface area contributed by atoms with E-state index in [-0.39, 0.29) is 11.8 Å². The van der Waals surface area contributed by atoms with Crippen LogP contribution in [-0.4, -0.2) is 21.9 Å². The van der Waals surface area contributed by atoms with Crippen molar-refractivity contribution in [3.05, 3.63) is 41.0 Å². The van der Waals surface area contributed by atoms with Crippen molar-refractivity contribution in [3.8, 4) is 0 Å². The predicted octanol–water partition coefficient (Wildman–Crippen LogP) is 1.46. The van der Waals surface area contributed by atoms with E-state index in [1.165, 1.54) is 11.6 Å². The van der Waals surface area contributed by atoms with E-state index in [1.807, 2.05) is 23.1 Å². The lowest BCUT2D eigenvalue weighted by atomic mass is 10.1. The van der Waals surface area contributed by atoms with Gasteiger partial charge in [-0.05, 0) is 41.7 Å². The molecule has 1 aliphatic heterocycles. The number of rotatable bonds is 3. The second kappa shape index (κ2) is 5.09. The Morgan fingerprint density at radius 3 is 2.70 bits per heavy atom. The van der Waals surface area contributed by atoms with Gasteiger partial charge in [0, 0.05) is 25.1 Å². The summed E-state index contributed by atoms with van der Waals surface area (Å²) >= 11 is 0. The van der Waals surface area contributed by atoms with E-state index in [1.54, 1.807) is 11.6 Å². The van der Waals surface area contributed by atoms with Crippen LogP contribution in [0, 0.1) is 5.92 Å². The van der Waals surface area contributed by atoms with Gasteiger partial charge in [0.05, 0.1) is 0 Å². The highest BCUT2D eigenvalue weighted by atomic mass is 16.5. The van der Waals surface area contributed by atoms with Gasteiger partial charge in [0.2, 0.25) is 5.91 Å². The quantitative estimate of drug-likeness (QED) is 0.497. The Morgan fingerprint density at radius 2 is 2.00 bits per heavy atom. The molecule has 0 bridgehead atoms. The molecule has 1 aromatic rings.